The average Bonchev–Trinajstić information content (AvgIpc) is 3.18. The van der Waals surface area contributed by atoms with Crippen molar-refractivity contribution in [2.45, 2.75) is 38.6 Å². The minimum absolute atomic E-state index is 0.0337. The van der Waals surface area contributed by atoms with Crippen LogP contribution in [0.1, 0.15) is 69.7 Å². The molecule has 4 rings (SSSR count). The van der Waals surface area contributed by atoms with E-state index in [0.717, 1.165) is 31.2 Å². The lowest BCUT2D eigenvalue weighted by Gasteiger charge is -2.22. The van der Waals surface area contributed by atoms with Crippen LogP contribution in [0.15, 0.2) is 42.5 Å². The molecule has 1 atom stereocenters. The Hall–Kier alpha value is -3.68. The van der Waals surface area contributed by atoms with Crippen LogP contribution in [0.3, 0.4) is 0 Å². The van der Waals surface area contributed by atoms with E-state index in [-0.39, 0.29) is 23.8 Å². The standard InChI is InChI=1S/C25H29N5O3/c1-4-18-11-5-6-14-26-22(31)16-9-7-10-17(15-16)23(32)28-25-27-20-13-8-12-19(21(20)30(18)25)24(33)29(2)3/h7-10,12-13,15,18H,4-6,11,14H2,1-3H3,(H,26,31)(H,27,28,32)/t18-/m1/s1. The first-order valence-electron chi connectivity index (χ1n) is 11.3. The van der Waals surface area contributed by atoms with Gasteiger partial charge in [0.15, 0.2) is 0 Å². The number of aromatic nitrogens is 2. The van der Waals surface area contributed by atoms with E-state index in [0.29, 0.717) is 34.7 Å². The topological polar surface area (TPSA) is 96.3 Å². The summed E-state index contributed by atoms with van der Waals surface area (Å²) < 4.78 is 2.01. The van der Waals surface area contributed by atoms with E-state index in [9.17, 15) is 14.4 Å². The zero-order valence-electron chi connectivity index (χ0n) is 19.2. The van der Waals surface area contributed by atoms with Gasteiger partial charge in [0, 0.05) is 37.8 Å². The summed E-state index contributed by atoms with van der Waals surface area (Å²) in [6, 6.07) is 12.2. The van der Waals surface area contributed by atoms with E-state index in [2.05, 4.69) is 17.6 Å². The number of hydrogen-bond acceptors (Lipinski definition) is 4. The van der Waals surface area contributed by atoms with Gasteiger partial charge in [-0.1, -0.05) is 19.1 Å². The molecule has 8 heteroatoms. The van der Waals surface area contributed by atoms with Crippen LogP contribution in [0.25, 0.3) is 11.0 Å². The Balaban J connectivity index is 1.88. The highest BCUT2D eigenvalue weighted by Crippen LogP contribution is 2.32. The number of carbonyl (C=O) groups is 3. The van der Waals surface area contributed by atoms with Crippen molar-refractivity contribution in [1.29, 1.82) is 0 Å². The molecule has 0 saturated heterocycles. The molecular weight excluding hydrogens is 418 g/mol. The van der Waals surface area contributed by atoms with E-state index < -0.39 is 0 Å². The maximum Gasteiger partial charge on any atom is 0.257 e. The van der Waals surface area contributed by atoms with Crippen LogP contribution in [0.4, 0.5) is 5.95 Å². The van der Waals surface area contributed by atoms with Gasteiger partial charge in [-0.25, -0.2) is 4.98 Å². The third kappa shape index (κ3) is 4.46. The van der Waals surface area contributed by atoms with Crippen molar-refractivity contribution in [3.8, 4) is 0 Å². The Morgan fingerprint density at radius 3 is 2.55 bits per heavy atom. The summed E-state index contributed by atoms with van der Waals surface area (Å²) >= 11 is 0. The highest BCUT2D eigenvalue weighted by Gasteiger charge is 2.25. The highest BCUT2D eigenvalue weighted by atomic mass is 16.2. The van der Waals surface area contributed by atoms with E-state index in [1.165, 1.54) is 0 Å². The molecule has 0 radical (unpaired) electrons. The van der Waals surface area contributed by atoms with Crippen molar-refractivity contribution >= 4 is 34.7 Å². The molecule has 3 aromatic rings. The molecule has 3 amide bonds. The molecule has 8 nitrogen and oxygen atoms in total. The first-order chi connectivity index (χ1) is 15.9. The van der Waals surface area contributed by atoms with Crippen LogP contribution < -0.4 is 10.6 Å². The summed E-state index contributed by atoms with van der Waals surface area (Å²) in [5.41, 5.74) is 2.76. The maximum atomic E-state index is 13.1. The van der Waals surface area contributed by atoms with Crippen LogP contribution in [0.5, 0.6) is 0 Å². The van der Waals surface area contributed by atoms with Gasteiger partial charge in [-0.2, -0.15) is 0 Å². The number of benzene rings is 2. The fourth-order valence-electron chi connectivity index (χ4n) is 4.31. The number of anilines is 1. The molecule has 2 heterocycles. The second kappa shape index (κ2) is 9.44. The molecule has 172 valence electrons. The van der Waals surface area contributed by atoms with Gasteiger partial charge in [-0.05, 0) is 56.0 Å². The summed E-state index contributed by atoms with van der Waals surface area (Å²) in [6.07, 6.45) is 3.35. The molecule has 0 aliphatic carbocycles. The molecule has 33 heavy (non-hydrogen) atoms. The van der Waals surface area contributed by atoms with Crippen molar-refractivity contribution in [2.75, 3.05) is 26.0 Å². The molecule has 2 bridgehead atoms. The third-order valence-corrected chi connectivity index (χ3v) is 6.05. The lowest BCUT2D eigenvalue weighted by molar-refractivity contribution is 0.0828. The number of nitrogens with one attached hydrogen (secondary N) is 2. The minimum Gasteiger partial charge on any atom is -0.352 e. The lowest BCUT2D eigenvalue weighted by atomic mass is 10.0. The van der Waals surface area contributed by atoms with E-state index in [1.54, 1.807) is 49.3 Å². The van der Waals surface area contributed by atoms with E-state index >= 15 is 0 Å². The summed E-state index contributed by atoms with van der Waals surface area (Å²) in [4.78, 5) is 44.8. The second-order valence-electron chi connectivity index (χ2n) is 8.53. The van der Waals surface area contributed by atoms with Crippen molar-refractivity contribution in [3.05, 3.63) is 59.2 Å². The number of para-hydroxylation sites is 1. The third-order valence-electron chi connectivity index (χ3n) is 6.05. The van der Waals surface area contributed by atoms with Crippen LogP contribution in [-0.2, 0) is 0 Å². The normalized spacial score (nSPS) is 17.0. The van der Waals surface area contributed by atoms with Gasteiger partial charge in [0.1, 0.15) is 0 Å². The molecular formula is C25H29N5O3. The molecule has 1 aliphatic heterocycles. The van der Waals surface area contributed by atoms with Crippen molar-refractivity contribution < 1.29 is 14.4 Å². The summed E-state index contributed by atoms with van der Waals surface area (Å²) in [6.45, 7) is 2.65. The number of imidazole rings is 1. The Labute approximate surface area is 193 Å². The summed E-state index contributed by atoms with van der Waals surface area (Å²) in [7, 11) is 3.45. The van der Waals surface area contributed by atoms with Gasteiger partial charge in [0.05, 0.1) is 16.6 Å². The predicted molar refractivity (Wildman–Crippen MR) is 128 cm³/mol. The van der Waals surface area contributed by atoms with Crippen molar-refractivity contribution in [1.82, 2.24) is 19.8 Å². The fraction of sp³-hybridized carbons (Fsp3) is 0.360. The van der Waals surface area contributed by atoms with Crippen molar-refractivity contribution in [3.63, 3.8) is 0 Å². The number of rotatable bonds is 2. The number of fused-ring (bicyclic) bond motifs is 5. The van der Waals surface area contributed by atoms with Gasteiger partial charge in [0.25, 0.3) is 17.7 Å². The second-order valence-corrected chi connectivity index (χ2v) is 8.53. The van der Waals surface area contributed by atoms with Gasteiger partial charge < -0.3 is 14.8 Å². The molecule has 2 aromatic carbocycles. The van der Waals surface area contributed by atoms with Crippen LogP contribution in [0, 0.1) is 0 Å². The van der Waals surface area contributed by atoms with E-state index in [4.69, 9.17) is 4.98 Å². The molecule has 1 aromatic heterocycles. The summed E-state index contributed by atoms with van der Waals surface area (Å²) in [5.74, 6) is -0.242. The van der Waals surface area contributed by atoms with Gasteiger partial charge in [0.2, 0.25) is 5.95 Å². The smallest absolute Gasteiger partial charge is 0.257 e. The molecule has 1 aliphatic rings. The minimum atomic E-state index is -0.353. The van der Waals surface area contributed by atoms with Crippen molar-refractivity contribution in [2.24, 2.45) is 0 Å². The van der Waals surface area contributed by atoms with Crippen LogP contribution in [0.2, 0.25) is 0 Å². The van der Waals surface area contributed by atoms with E-state index in [1.807, 2.05) is 16.7 Å². The number of nitrogens with zero attached hydrogens (tertiary/aromatic N) is 3. The zero-order chi connectivity index (χ0) is 23.5. The average molecular weight is 448 g/mol. The fourth-order valence-corrected chi connectivity index (χ4v) is 4.31. The Morgan fingerprint density at radius 1 is 1.09 bits per heavy atom. The zero-order valence-corrected chi connectivity index (χ0v) is 19.2. The summed E-state index contributed by atoms with van der Waals surface area (Å²) in [5, 5.41) is 5.88. The Morgan fingerprint density at radius 2 is 1.82 bits per heavy atom. The molecule has 0 spiro atoms. The molecule has 2 N–H and O–H groups in total. The first kappa shape index (κ1) is 22.5. The molecule has 0 unspecified atom stereocenters. The number of amides is 3. The van der Waals surface area contributed by atoms with Gasteiger partial charge in [-0.15, -0.1) is 0 Å². The predicted octanol–water partition coefficient (Wildman–Crippen LogP) is 3.86. The SMILES string of the molecule is CC[C@@H]1CCCCNC(=O)c2cccc(c2)C(=O)Nc2nc3cccc(C(=O)N(C)C)c3n21. The quantitative estimate of drug-likeness (QED) is 0.624. The van der Waals surface area contributed by atoms with Crippen LogP contribution >= 0.6 is 0 Å². The maximum absolute atomic E-state index is 13.1. The number of carbonyl (C=O) groups excluding carboxylic acids is 3. The monoisotopic (exact) mass is 447 g/mol. The largest absolute Gasteiger partial charge is 0.352 e. The highest BCUT2D eigenvalue weighted by molar-refractivity contribution is 6.08. The van der Waals surface area contributed by atoms with Gasteiger partial charge >= 0.3 is 0 Å². The Kier molecular flexibility index (Phi) is 6.44. The lowest BCUT2D eigenvalue weighted by Crippen LogP contribution is -2.26. The molecule has 0 saturated carbocycles. The van der Waals surface area contributed by atoms with Gasteiger partial charge in [-0.3, -0.25) is 19.7 Å². The molecule has 0 fully saturated rings. The Bertz CT molecular complexity index is 1210. The number of hydrogen-bond donors (Lipinski definition) is 2. The van der Waals surface area contributed by atoms with Crippen LogP contribution in [-0.4, -0.2) is 52.8 Å². The first-order valence-corrected chi connectivity index (χ1v) is 11.3.